The fraction of sp³-hybridized carbons (Fsp3) is 0.385. The second-order valence-electron chi connectivity index (χ2n) is 4.65. The normalized spacial score (nSPS) is 14.2. The summed E-state index contributed by atoms with van der Waals surface area (Å²) in [4.78, 5) is 23.4. The Kier molecular flexibility index (Phi) is 3.80. The average Bonchev–Trinajstić information content (AvgIpc) is 2.79. The number of rotatable bonds is 4. The highest BCUT2D eigenvalue weighted by molar-refractivity contribution is 7.91. The molecule has 0 bridgehead atoms. The smallest absolute Gasteiger partial charge is 0.223 e. The van der Waals surface area contributed by atoms with Gasteiger partial charge < -0.3 is 14.8 Å². The van der Waals surface area contributed by atoms with Crippen LogP contribution >= 0.6 is 0 Å². The Bertz CT molecular complexity index is 665. The maximum atomic E-state index is 12.0. The monoisotopic (exact) mass is 296 g/mol. The number of benzene rings is 1. The Morgan fingerprint density at radius 2 is 2.05 bits per heavy atom. The molecule has 0 N–H and O–H groups in total. The van der Waals surface area contributed by atoms with E-state index in [1.54, 1.807) is 11.0 Å². The third-order valence-corrected chi connectivity index (χ3v) is 4.97. The summed E-state index contributed by atoms with van der Waals surface area (Å²) in [6.07, 6.45) is 0.0672. The molecule has 0 saturated heterocycles. The van der Waals surface area contributed by atoms with Gasteiger partial charge >= 0.3 is 0 Å². The number of carboxylic acids is 1. The minimum atomic E-state index is -3.64. The fourth-order valence-electron chi connectivity index (χ4n) is 2.23. The van der Waals surface area contributed by atoms with Crippen molar-refractivity contribution in [2.24, 2.45) is 0 Å². The van der Waals surface area contributed by atoms with E-state index in [0.29, 0.717) is 13.0 Å². The molecule has 0 spiro atoms. The number of hydrogen-bond donors (Lipinski definition) is 0. The summed E-state index contributed by atoms with van der Waals surface area (Å²) in [6, 6.07) is 4.52. The maximum Gasteiger partial charge on any atom is 0.223 e. The summed E-state index contributed by atoms with van der Waals surface area (Å²) in [7, 11) is -3.64. The van der Waals surface area contributed by atoms with Gasteiger partial charge in [0.1, 0.15) is 0 Å². The predicted octanol–water partition coefficient (Wildman–Crippen LogP) is -0.491. The Balaban J connectivity index is 2.29. The number of sulfone groups is 1. The highest BCUT2D eigenvalue weighted by Crippen LogP contribution is 2.30. The lowest BCUT2D eigenvalue weighted by Gasteiger charge is -2.15. The van der Waals surface area contributed by atoms with Crippen molar-refractivity contribution in [3.63, 3.8) is 0 Å². The SMILES string of the molecule is CC(=O)N1CCc2cc(S(=O)(=O)CCC(=O)[O-])ccc21. The van der Waals surface area contributed by atoms with Crippen molar-refractivity contribution in [3.8, 4) is 0 Å². The number of anilines is 1. The Hall–Kier alpha value is -1.89. The predicted molar refractivity (Wildman–Crippen MR) is 69.8 cm³/mol. The summed E-state index contributed by atoms with van der Waals surface area (Å²) in [6.45, 7) is 1.99. The standard InChI is InChI=1S/C13H15NO5S/c1-9(15)14-6-4-10-8-11(2-3-12(10)14)20(18,19)7-5-13(16)17/h2-3,8H,4-7H2,1H3,(H,16,17)/p-1. The van der Waals surface area contributed by atoms with Crippen molar-refractivity contribution in [2.45, 2.75) is 24.7 Å². The van der Waals surface area contributed by atoms with Gasteiger partial charge in [-0.05, 0) is 30.2 Å². The van der Waals surface area contributed by atoms with Gasteiger partial charge in [-0.15, -0.1) is 0 Å². The van der Waals surface area contributed by atoms with E-state index in [-0.39, 0.29) is 10.8 Å². The zero-order valence-electron chi connectivity index (χ0n) is 11.0. The summed E-state index contributed by atoms with van der Waals surface area (Å²) in [5, 5.41) is 10.4. The molecule has 0 saturated carbocycles. The highest BCUT2D eigenvalue weighted by Gasteiger charge is 2.24. The molecule has 0 atom stereocenters. The zero-order chi connectivity index (χ0) is 14.9. The molecule has 1 heterocycles. The molecule has 0 radical (unpaired) electrons. The molecule has 108 valence electrons. The molecule has 6 nitrogen and oxygen atoms in total. The van der Waals surface area contributed by atoms with Gasteiger partial charge in [0.25, 0.3) is 0 Å². The third kappa shape index (κ3) is 2.82. The number of carboxylic acid groups (broad SMARTS) is 1. The fourth-order valence-corrected chi connectivity index (χ4v) is 3.50. The average molecular weight is 296 g/mol. The van der Waals surface area contributed by atoms with E-state index in [9.17, 15) is 23.1 Å². The van der Waals surface area contributed by atoms with Crippen molar-refractivity contribution in [1.82, 2.24) is 0 Å². The first-order valence-corrected chi connectivity index (χ1v) is 7.80. The van der Waals surface area contributed by atoms with Crippen LogP contribution in [0.4, 0.5) is 5.69 Å². The van der Waals surface area contributed by atoms with Crippen LogP contribution < -0.4 is 10.0 Å². The van der Waals surface area contributed by atoms with Gasteiger partial charge in [-0.2, -0.15) is 0 Å². The minimum Gasteiger partial charge on any atom is -0.550 e. The number of aliphatic carboxylic acids is 1. The summed E-state index contributed by atoms with van der Waals surface area (Å²) >= 11 is 0. The number of carbonyl (C=O) groups is 2. The number of hydrogen-bond acceptors (Lipinski definition) is 5. The van der Waals surface area contributed by atoms with E-state index in [1.807, 2.05) is 0 Å². The molecule has 20 heavy (non-hydrogen) atoms. The lowest BCUT2D eigenvalue weighted by Crippen LogP contribution is -2.26. The van der Waals surface area contributed by atoms with Crippen LogP contribution in [0.25, 0.3) is 0 Å². The number of nitrogens with zero attached hydrogens (tertiary/aromatic N) is 1. The summed E-state index contributed by atoms with van der Waals surface area (Å²) in [5.41, 5.74) is 1.51. The molecule has 0 aliphatic carbocycles. The maximum absolute atomic E-state index is 12.0. The molecule has 1 aliphatic rings. The summed E-state index contributed by atoms with van der Waals surface area (Å²) < 4.78 is 24.0. The molecule has 7 heteroatoms. The first kappa shape index (κ1) is 14.5. The first-order valence-electron chi connectivity index (χ1n) is 6.15. The molecule has 1 aromatic rings. The van der Waals surface area contributed by atoms with Gasteiger partial charge in [0.2, 0.25) is 5.91 Å². The van der Waals surface area contributed by atoms with Gasteiger partial charge in [-0.3, -0.25) is 4.79 Å². The van der Waals surface area contributed by atoms with Crippen LogP contribution in [0.2, 0.25) is 0 Å². The van der Waals surface area contributed by atoms with Gasteiger partial charge in [0.05, 0.1) is 10.6 Å². The van der Waals surface area contributed by atoms with Crippen molar-refractivity contribution in [3.05, 3.63) is 23.8 Å². The van der Waals surface area contributed by atoms with Crippen LogP contribution in [0, 0.1) is 0 Å². The molecule has 1 aliphatic heterocycles. The van der Waals surface area contributed by atoms with Gasteiger partial charge in [-0.1, -0.05) is 0 Å². The van der Waals surface area contributed by atoms with E-state index in [1.165, 1.54) is 19.1 Å². The zero-order valence-corrected chi connectivity index (χ0v) is 11.8. The summed E-state index contributed by atoms with van der Waals surface area (Å²) in [5.74, 6) is -1.96. The molecule has 2 rings (SSSR count). The van der Waals surface area contributed by atoms with E-state index in [2.05, 4.69) is 0 Å². The van der Waals surface area contributed by atoms with E-state index >= 15 is 0 Å². The molecule has 0 aromatic heterocycles. The van der Waals surface area contributed by atoms with Crippen LogP contribution in [0.3, 0.4) is 0 Å². The van der Waals surface area contributed by atoms with Crippen LogP contribution in [-0.2, 0) is 25.8 Å². The Labute approximate surface area is 116 Å². The minimum absolute atomic E-state index is 0.0860. The van der Waals surface area contributed by atoms with Crippen LogP contribution in [0.1, 0.15) is 18.9 Å². The van der Waals surface area contributed by atoms with Crippen LogP contribution in [0.5, 0.6) is 0 Å². The van der Waals surface area contributed by atoms with Crippen molar-refractivity contribution >= 4 is 27.4 Å². The van der Waals surface area contributed by atoms with E-state index in [4.69, 9.17) is 0 Å². The van der Waals surface area contributed by atoms with E-state index in [0.717, 1.165) is 11.3 Å². The van der Waals surface area contributed by atoms with Gasteiger partial charge in [0.15, 0.2) is 9.84 Å². The molecular formula is C13H14NO5S-. The second-order valence-corrected chi connectivity index (χ2v) is 6.76. The molecule has 0 unspecified atom stereocenters. The Morgan fingerprint density at radius 1 is 1.35 bits per heavy atom. The topological polar surface area (TPSA) is 94.6 Å². The molecule has 1 amide bonds. The highest BCUT2D eigenvalue weighted by atomic mass is 32.2. The first-order chi connectivity index (χ1) is 9.31. The van der Waals surface area contributed by atoms with Crippen molar-refractivity contribution in [1.29, 1.82) is 0 Å². The van der Waals surface area contributed by atoms with E-state index < -0.39 is 28.0 Å². The van der Waals surface area contributed by atoms with Gasteiger partial charge in [-0.25, -0.2) is 8.42 Å². The van der Waals surface area contributed by atoms with Gasteiger partial charge in [0, 0.05) is 31.5 Å². The van der Waals surface area contributed by atoms with Crippen molar-refractivity contribution in [2.75, 3.05) is 17.2 Å². The lowest BCUT2D eigenvalue weighted by molar-refractivity contribution is -0.305. The van der Waals surface area contributed by atoms with Crippen LogP contribution in [-0.4, -0.2) is 32.6 Å². The number of carbonyl (C=O) groups excluding carboxylic acids is 2. The quantitative estimate of drug-likeness (QED) is 0.747. The second kappa shape index (κ2) is 5.24. The molecule has 1 aromatic carbocycles. The number of fused-ring (bicyclic) bond motifs is 1. The van der Waals surface area contributed by atoms with Crippen LogP contribution in [0.15, 0.2) is 23.1 Å². The largest absolute Gasteiger partial charge is 0.550 e. The molecular weight excluding hydrogens is 282 g/mol. The Morgan fingerprint density at radius 3 is 2.65 bits per heavy atom. The lowest BCUT2D eigenvalue weighted by atomic mass is 10.2. The molecule has 0 fully saturated rings. The van der Waals surface area contributed by atoms with Crippen molar-refractivity contribution < 1.29 is 23.1 Å². The third-order valence-electron chi connectivity index (χ3n) is 3.26. The number of amides is 1.